The number of halogens is 3. The molecule has 1 atom stereocenters. The van der Waals surface area contributed by atoms with Crippen molar-refractivity contribution < 1.29 is 23.1 Å². The normalized spacial score (nSPS) is 19.5. The lowest BCUT2D eigenvalue weighted by molar-refractivity contribution is -0.137. The molecule has 0 amide bonds. The van der Waals surface area contributed by atoms with Crippen LogP contribution in [0.25, 0.3) is 6.08 Å². The van der Waals surface area contributed by atoms with E-state index in [1.165, 1.54) is 17.7 Å². The quantitative estimate of drug-likeness (QED) is 0.521. The molecule has 1 aliphatic carbocycles. The molecule has 2 aromatic carbocycles. The van der Waals surface area contributed by atoms with Crippen LogP contribution >= 0.6 is 0 Å². The van der Waals surface area contributed by atoms with E-state index in [4.69, 9.17) is 4.84 Å². The predicted octanol–water partition coefficient (Wildman–Crippen LogP) is 4.86. The lowest BCUT2D eigenvalue weighted by Gasteiger charge is -2.37. The molecule has 2 aromatic rings. The van der Waals surface area contributed by atoms with Crippen LogP contribution < -0.4 is 10.4 Å². The van der Waals surface area contributed by atoms with Gasteiger partial charge >= 0.3 is 6.18 Å². The van der Waals surface area contributed by atoms with Crippen LogP contribution in [0.4, 0.5) is 18.9 Å². The molecule has 0 radical (unpaired) electrons. The van der Waals surface area contributed by atoms with Crippen molar-refractivity contribution in [2.24, 2.45) is 0 Å². The van der Waals surface area contributed by atoms with Gasteiger partial charge in [0.2, 0.25) is 0 Å². The first-order valence-corrected chi connectivity index (χ1v) is 12.0. The van der Waals surface area contributed by atoms with E-state index in [-0.39, 0.29) is 6.61 Å². The molecule has 0 spiro atoms. The Balaban J connectivity index is 1.21. The van der Waals surface area contributed by atoms with Gasteiger partial charge in [0, 0.05) is 38.4 Å². The molecule has 1 saturated heterocycles. The summed E-state index contributed by atoms with van der Waals surface area (Å²) in [7, 11) is 0. The van der Waals surface area contributed by atoms with Gasteiger partial charge in [-0.25, -0.2) is 0 Å². The molecule has 0 bridgehead atoms. The van der Waals surface area contributed by atoms with Crippen molar-refractivity contribution in [3.05, 3.63) is 83.1 Å². The van der Waals surface area contributed by atoms with Crippen LogP contribution in [0.5, 0.6) is 0 Å². The molecular weight excluding hydrogens is 455 g/mol. The zero-order valence-corrected chi connectivity index (χ0v) is 19.7. The molecular formula is C27H32F3N3O2. The van der Waals surface area contributed by atoms with E-state index < -0.39 is 17.8 Å². The number of hydroxylamine groups is 1. The van der Waals surface area contributed by atoms with Crippen molar-refractivity contribution in [1.29, 1.82) is 0 Å². The Morgan fingerprint density at radius 3 is 2.54 bits per heavy atom. The third-order valence-corrected chi connectivity index (χ3v) is 6.32. The highest BCUT2D eigenvalue weighted by atomic mass is 19.4. The molecule has 188 valence electrons. The minimum atomic E-state index is -4.35. The zero-order valence-electron chi connectivity index (χ0n) is 19.7. The number of nitrogens with zero attached hydrogens (tertiary/aromatic N) is 2. The second kappa shape index (κ2) is 11.7. The fourth-order valence-electron chi connectivity index (χ4n) is 4.45. The number of piperazine rings is 1. The highest BCUT2D eigenvalue weighted by Crippen LogP contribution is 2.32. The number of benzene rings is 2. The van der Waals surface area contributed by atoms with E-state index in [9.17, 15) is 18.3 Å². The molecule has 0 saturated carbocycles. The molecule has 35 heavy (non-hydrogen) atoms. The Morgan fingerprint density at radius 1 is 1.03 bits per heavy atom. The summed E-state index contributed by atoms with van der Waals surface area (Å²) in [5, 5.41) is 10.5. The van der Waals surface area contributed by atoms with Crippen molar-refractivity contribution in [1.82, 2.24) is 10.4 Å². The van der Waals surface area contributed by atoms with Crippen LogP contribution in [0.1, 0.15) is 30.4 Å². The number of rotatable bonds is 8. The molecule has 2 aliphatic rings. The predicted molar refractivity (Wildman–Crippen MR) is 132 cm³/mol. The van der Waals surface area contributed by atoms with E-state index in [2.05, 4.69) is 34.7 Å². The van der Waals surface area contributed by atoms with Crippen LogP contribution in [-0.4, -0.2) is 55.4 Å². The van der Waals surface area contributed by atoms with Gasteiger partial charge in [-0.1, -0.05) is 42.5 Å². The van der Waals surface area contributed by atoms with Crippen molar-refractivity contribution in [2.75, 3.05) is 44.2 Å². The number of β-amino-alcohol motifs (C(OH)–C–C–N with tert-alkyl or cyclic N) is 1. The summed E-state index contributed by atoms with van der Waals surface area (Å²) in [5.74, 6) is 0. The van der Waals surface area contributed by atoms with Crippen LogP contribution in [0, 0.1) is 0 Å². The van der Waals surface area contributed by atoms with Crippen molar-refractivity contribution >= 4 is 11.8 Å². The highest BCUT2D eigenvalue weighted by molar-refractivity contribution is 5.58. The summed E-state index contributed by atoms with van der Waals surface area (Å²) in [6.45, 7) is 3.13. The van der Waals surface area contributed by atoms with Crippen LogP contribution in [0.15, 0.2) is 71.9 Å². The summed E-state index contributed by atoms with van der Waals surface area (Å²) in [5.41, 5.74) is 6.23. The fourth-order valence-corrected chi connectivity index (χ4v) is 4.45. The number of aliphatic hydroxyl groups is 1. The van der Waals surface area contributed by atoms with Crippen molar-refractivity contribution in [3.8, 4) is 0 Å². The van der Waals surface area contributed by atoms with Gasteiger partial charge in [0.05, 0.1) is 17.4 Å². The monoisotopic (exact) mass is 487 g/mol. The lowest BCUT2D eigenvalue weighted by Crippen LogP contribution is -2.49. The van der Waals surface area contributed by atoms with E-state index >= 15 is 0 Å². The van der Waals surface area contributed by atoms with Gasteiger partial charge in [-0.15, -0.1) is 0 Å². The van der Waals surface area contributed by atoms with Gasteiger partial charge in [-0.05, 0) is 54.7 Å². The zero-order chi connectivity index (χ0) is 24.7. The Morgan fingerprint density at radius 2 is 1.80 bits per heavy atom. The molecule has 2 N–H and O–H groups in total. The standard InChI is InChI=1S/C27H32F3N3O2/c28-27(29,30)23-10-6-11-24(18-23)33-15-13-32(14-16-33)19-25(34)20-35-31-26-12-5-4-9-22(26)17-21-7-2-1-3-8-21/h1-3,6-8,10-12,17-18,25,31,34H,4-5,9,13-16,19-20H2/t25-/m1/s1. The van der Waals surface area contributed by atoms with E-state index in [0.717, 1.165) is 36.6 Å². The molecule has 1 heterocycles. The minimum absolute atomic E-state index is 0.143. The van der Waals surface area contributed by atoms with Crippen molar-refractivity contribution in [2.45, 2.75) is 31.5 Å². The largest absolute Gasteiger partial charge is 0.416 e. The summed E-state index contributed by atoms with van der Waals surface area (Å²) >= 11 is 0. The Labute approximate surface area is 204 Å². The first-order chi connectivity index (χ1) is 16.9. The van der Waals surface area contributed by atoms with Gasteiger partial charge in [-0.2, -0.15) is 13.2 Å². The number of aliphatic hydroxyl groups excluding tert-OH is 1. The Bertz CT molecular complexity index is 1020. The summed E-state index contributed by atoms with van der Waals surface area (Å²) in [6.07, 6.45) is 2.31. The maximum Gasteiger partial charge on any atom is 0.416 e. The maximum absolute atomic E-state index is 13.0. The van der Waals surface area contributed by atoms with Gasteiger partial charge in [0.25, 0.3) is 0 Å². The third-order valence-electron chi connectivity index (χ3n) is 6.32. The summed E-state index contributed by atoms with van der Waals surface area (Å²) in [6, 6.07) is 15.6. The number of alkyl halides is 3. The van der Waals surface area contributed by atoms with Gasteiger partial charge in [0.1, 0.15) is 6.61 Å². The third kappa shape index (κ3) is 7.34. The van der Waals surface area contributed by atoms with Crippen molar-refractivity contribution in [3.63, 3.8) is 0 Å². The molecule has 0 aromatic heterocycles. The van der Waals surface area contributed by atoms with Crippen LogP contribution in [0.2, 0.25) is 0 Å². The summed E-state index contributed by atoms with van der Waals surface area (Å²) < 4.78 is 39.0. The van der Waals surface area contributed by atoms with E-state index in [1.54, 1.807) is 6.07 Å². The number of nitrogens with one attached hydrogen (secondary N) is 1. The second-order valence-corrected chi connectivity index (χ2v) is 8.99. The van der Waals surface area contributed by atoms with Gasteiger partial charge < -0.3 is 10.0 Å². The maximum atomic E-state index is 13.0. The molecule has 8 heteroatoms. The van der Waals surface area contributed by atoms with Crippen LogP contribution in [0.3, 0.4) is 0 Å². The van der Waals surface area contributed by atoms with E-state index in [1.807, 2.05) is 23.1 Å². The first kappa shape index (κ1) is 25.3. The number of anilines is 1. The number of allylic oxidation sites excluding steroid dienone is 2. The minimum Gasteiger partial charge on any atom is -0.389 e. The average Bonchev–Trinajstić information content (AvgIpc) is 2.86. The SMILES string of the molecule is O[C@@H](CONC1=CCCCC1=Cc1ccccc1)CN1CCN(c2cccc(C(F)(F)F)c2)CC1. The lowest BCUT2D eigenvalue weighted by atomic mass is 9.97. The van der Waals surface area contributed by atoms with Gasteiger partial charge in [-0.3, -0.25) is 15.2 Å². The fraction of sp³-hybridized carbons (Fsp3) is 0.407. The smallest absolute Gasteiger partial charge is 0.389 e. The van der Waals surface area contributed by atoms with E-state index in [0.29, 0.717) is 38.4 Å². The average molecular weight is 488 g/mol. The topological polar surface area (TPSA) is 48.0 Å². The Hall–Kier alpha value is -2.81. The molecule has 1 aliphatic heterocycles. The number of hydrogen-bond donors (Lipinski definition) is 2. The molecule has 5 nitrogen and oxygen atoms in total. The van der Waals surface area contributed by atoms with Crippen LogP contribution in [-0.2, 0) is 11.0 Å². The molecule has 4 rings (SSSR count). The summed E-state index contributed by atoms with van der Waals surface area (Å²) in [4.78, 5) is 9.69. The first-order valence-electron chi connectivity index (χ1n) is 12.0. The number of hydrogen-bond acceptors (Lipinski definition) is 5. The molecule has 0 unspecified atom stereocenters. The van der Waals surface area contributed by atoms with Gasteiger partial charge in [0.15, 0.2) is 0 Å². The molecule has 1 fully saturated rings. The Kier molecular flexibility index (Phi) is 8.49. The highest BCUT2D eigenvalue weighted by Gasteiger charge is 2.31. The second-order valence-electron chi connectivity index (χ2n) is 8.99.